The van der Waals surface area contributed by atoms with E-state index in [9.17, 15) is 0 Å². The first-order valence-electron chi connectivity index (χ1n) is 8.84. The van der Waals surface area contributed by atoms with Crippen molar-refractivity contribution in [2.24, 2.45) is 5.92 Å². The molecule has 0 amide bonds. The molecular formula is C24H24S2. The molecule has 1 unspecified atom stereocenters. The van der Waals surface area contributed by atoms with Gasteiger partial charge in [0.15, 0.2) is 0 Å². The van der Waals surface area contributed by atoms with Crippen LogP contribution in [0.5, 0.6) is 0 Å². The van der Waals surface area contributed by atoms with Crippen molar-refractivity contribution >= 4 is 29.6 Å². The van der Waals surface area contributed by atoms with E-state index in [1.165, 1.54) is 26.5 Å². The molecule has 1 atom stereocenters. The Morgan fingerprint density at radius 2 is 1.73 bits per heavy atom. The smallest absolute Gasteiger partial charge is 0.0232 e. The molecular weight excluding hydrogens is 352 g/mol. The summed E-state index contributed by atoms with van der Waals surface area (Å²) in [5.41, 5.74) is 3.76. The summed E-state index contributed by atoms with van der Waals surface area (Å²) in [4.78, 5) is 2.68. The van der Waals surface area contributed by atoms with E-state index in [1.54, 1.807) is 0 Å². The van der Waals surface area contributed by atoms with Gasteiger partial charge in [-0.3, -0.25) is 0 Å². The maximum absolute atomic E-state index is 3.83. The lowest BCUT2D eigenvalue weighted by atomic mass is 9.98. The molecule has 0 radical (unpaired) electrons. The van der Waals surface area contributed by atoms with Gasteiger partial charge in [0.25, 0.3) is 0 Å². The first-order chi connectivity index (χ1) is 12.8. The summed E-state index contributed by atoms with van der Waals surface area (Å²) in [5, 5.41) is 0. The Bertz CT molecular complexity index is 812. The number of hydrogen-bond acceptors (Lipinski definition) is 2. The largest absolute Gasteiger partial charge is 0.126 e. The van der Waals surface area contributed by atoms with Crippen LogP contribution in [0.15, 0.2) is 101 Å². The topological polar surface area (TPSA) is 0 Å². The van der Waals surface area contributed by atoms with Gasteiger partial charge in [0, 0.05) is 21.3 Å². The maximum Gasteiger partial charge on any atom is 0.0232 e. The van der Waals surface area contributed by atoms with Crippen LogP contribution in [0.2, 0.25) is 0 Å². The monoisotopic (exact) mass is 376 g/mol. The molecule has 0 nitrogen and oxygen atoms in total. The zero-order valence-electron chi connectivity index (χ0n) is 14.9. The Balaban J connectivity index is 1.51. The summed E-state index contributed by atoms with van der Waals surface area (Å²) in [6.45, 7) is 7.63. The lowest BCUT2D eigenvalue weighted by Gasteiger charge is -2.14. The highest BCUT2D eigenvalue weighted by Crippen LogP contribution is 2.30. The van der Waals surface area contributed by atoms with Gasteiger partial charge in [-0.25, -0.2) is 0 Å². The fraction of sp³-hybridized carbons (Fsp3) is 0.167. The third-order valence-electron chi connectivity index (χ3n) is 4.34. The van der Waals surface area contributed by atoms with Crippen molar-refractivity contribution in [1.29, 1.82) is 0 Å². The Kier molecular flexibility index (Phi) is 7.04. The Morgan fingerprint density at radius 1 is 0.962 bits per heavy atom. The maximum atomic E-state index is 3.83. The number of thioether (sulfide) groups is 2. The molecule has 0 N–H and O–H groups in total. The van der Waals surface area contributed by atoms with Crippen molar-refractivity contribution in [1.82, 2.24) is 0 Å². The molecule has 0 aromatic heterocycles. The highest BCUT2D eigenvalue weighted by atomic mass is 32.2. The molecule has 0 saturated heterocycles. The van der Waals surface area contributed by atoms with Crippen LogP contribution in [0.3, 0.4) is 0 Å². The SMILES string of the molecule is C=CC1=CCC(CSc2cccc(SCc3ccc(C=C)cc3)c2)C=C1. The van der Waals surface area contributed by atoms with E-state index in [0.29, 0.717) is 5.92 Å². The molecule has 3 rings (SSSR count). The predicted octanol–water partition coefficient (Wildman–Crippen LogP) is 7.40. The van der Waals surface area contributed by atoms with Crippen LogP contribution in [0.1, 0.15) is 17.5 Å². The number of benzene rings is 2. The molecule has 1 aliphatic rings. The fourth-order valence-corrected chi connectivity index (χ4v) is 4.75. The van der Waals surface area contributed by atoms with Crippen LogP contribution in [0.4, 0.5) is 0 Å². The van der Waals surface area contributed by atoms with Crippen molar-refractivity contribution < 1.29 is 0 Å². The zero-order valence-corrected chi connectivity index (χ0v) is 16.6. The van der Waals surface area contributed by atoms with Gasteiger partial charge >= 0.3 is 0 Å². The molecule has 0 spiro atoms. The van der Waals surface area contributed by atoms with Gasteiger partial charge in [-0.05, 0) is 47.2 Å². The van der Waals surface area contributed by atoms with Gasteiger partial charge < -0.3 is 0 Å². The molecule has 2 aromatic rings. The van der Waals surface area contributed by atoms with Gasteiger partial charge in [0.05, 0.1) is 0 Å². The normalized spacial score (nSPS) is 16.2. The average molecular weight is 377 g/mol. The van der Waals surface area contributed by atoms with E-state index in [1.807, 2.05) is 35.7 Å². The lowest BCUT2D eigenvalue weighted by Crippen LogP contribution is -2.02. The van der Waals surface area contributed by atoms with Gasteiger partial charge in [0.1, 0.15) is 0 Å². The molecule has 1 aliphatic carbocycles. The molecule has 0 aliphatic heterocycles. The first kappa shape index (κ1) is 18.9. The Labute approximate surface area is 165 Å². The van der Waals surface area contributed by atoms with Crippen LogP contribution >= 0.6 is 23.5 Å². The molecule has 0 heterocycles. The second-order valence-electron chi connectivity index (χ2n) is 6.28. The molecule has 2 aromatic carbocycles. The third-order valence-corrected chi connectivity index (χ3v) is 6.59. The number of hydrogen-bond donors (Lipinski definition) is 0. The van der Waals surface area contributed by atoms with E-state index in [-0.39, 0.29) is 0 Å². The van der Waals surface area contributed by atoms with Crippen molar-refractivity contribution in [2.45, 2.75) is 22.0 Å². The molecule has 132 valence electrons. The van der Waals surface area contributed by atoms with Crippen LogP contribution in [0.25, 0.3) is 6.08 Å². The van der Waals surface area contributed by atoms with Gasteiger partial charge in [-0.15, -0.1) is 23.5 Å². The van der Waals surface area contributed by atoms with E-state index in [4.69, 9.17) is 0 Å². The average Bonchev–Trinajstić information content (AvgIpc) is 2.72. The Morgan fingerprint density at radius 3 is 2.38 bits per heavy atom. The van der Waals surface area contributed by atoms with E-state index < -0.39 is 0 Å². The van der Waals surface area contributed by atoms with Crippen molar-refractivity contribution in [3.05, 3.63) is 103 Å². The molecule has 0 bridgehead atoms. The highest BCUT2D eigenvalue weighted by Gasteiger charge is 2.08. The summed E-state index contributed by atoms with van der Waals surface area (Å²) in [6.07, 6.45) is 11.7. The summed E-state index contributed by atoms with van der Waals surface area (Å²) in [7, 11) is 0. The summed E-state index contributed by atoms with van der Waals surface area (Å²) in [6, 6.07) is 17.5. The quantitative estimate of drug-likeness (QED) is 0.440. The molecule has 26 heavy (non-hydrogen) atoms. The first-order valence-corrected chi connectivity index (χ1v) is 10.8. The van der Waals surface area contributed by atoms with Crippen LogP contribution in [-0.2, 0) is 5.75 Å². The van der Waals surface area contributed by atoms with Crippen LogP contribution in [0, 0.1) is 5.92 Å². The van der Waals surface area contributed by atoms with Crippen molar-refractivity contribution in [3.8, 4) is 0 Å². The van der Waals surface area contributed by atoms with Gasteiger partial charge in [-0.1, -0.05) is 73.9 Å². The van der Waals surface area contributed by atoms with Gasteiger partial charge in [0.2, 0.25) is 0 Å². The third kappa shape index (κ3) is 5.55. The van der Waals surface area contributed by atoms with Crippen LogP contribution < -0.4 is 0 Å². The Hall–Kier alpha value is -1.90. The second-order valence-corrected chi connectivity index (χ2v) is 8.43. The van der Waals surface area contributed by atoms with E-state index >= 15 is 0 Å². The number of allylic oxidation sites excluding steroid dienone is 5. The number of rotatable bonds is 8. The zero-order chi connectivity index (χ0) is 18.2. The summed E-state index contributed by atoms with van der Waals surface area (Å²) < 4.78 is 0. The standard InChI is InChI=1S/C24H24S2/c1-3-19-8-12-21(13-9-19)17-25-23-6-5-7-24(16-23)26-18-22-14-10-20(4-2)11-15-22/h3-14,16,22H,1-2,15,17-18H2. The van der Waals surface area contributed by atoms with E-state index in [2.05, 4.69) is 79.9 Å². The second kappa shape index (κ2) is 9.70. The fourth-order valence-electron chi connectivity index (χ4n) is 2.73. The van der Waals surface area contributed by atoms with Crippen LogP contribution in [-0.4, -0.2) is 5.75 Å². The summed E-state index contributed by atoms with van der Waals surface area (Å²) >= 11 is 3.84. The summed E-state index contributed by atoms with van der Waals surface area (Å²) in [5.74, 6) is 2.73. The molecule has 2 heteroatoms. The lowest BCUT2D eigenvalue weighted by molar-refractivity contribution is 0.745. The van der Waals surface area contributed by atoms with E-state index in [0.717, 1.165) is 17.9 Å². The van der Waals surface area contributed by atoms with Crippen molar-refractivity contribution in [2.75, 3.05) is 5.75 Å². The molecule has 0 fully saturated rings. The van der Waals surface area contributed by atoms with Gasteiger partial charge in [-0.2, -0.15) is 0 Å². The van der Waals surface area contributed by atoms with Crippen molar-refractivity contribution in [3.63, 3.8) is 0 Å². The molecule has 0 saturated carbocycles. The minimum atomic E-state index is 0.614. The minimum absolute atomic E-state index is 0.614. The highest BCUT2D eigenvalue weighted by molar-refractivity contribution is 7.99. The predicted molar refractivity (Wildman–Crippen MR) is 119 cm³/mol. The minimum Gasteiger partial charge on any atom is -0.126 e.